The van der Waals surface area contributed by atoms with Crippen LogP contribution in [0.5, 0.6) is 0 Å². The molecule has 0 saturated carbocycles. The lowest BCUT2D eigenvalue weighted by molar-refractivity contribution is 1.09. The molecular formula is C13H12BrN3S. The Hall–Kier alpha value is -1.33. The van der Waals surface area contributed by atoms with Crippen LogP contribution in [0.1, 0.15) is 11.3 Å². The first kappa shape index (κ1) is 11.7. The summed E-state index contributed by atoms with van der Waals surface area (Å²) in [4.78, 5) is 4.65. The Kier molecular flexibility index (Phi) is 2.68. The molecule has 0 bridgehead atoms. The highest BCUT2D eigenvalue weighted by Gasteiger charge is 2.15. The van der Waals surface area contributed by atoms with Gasteiger partial charge >= 0.3 is 0 Å². The van der Waals surface area contributed by atoms with E-state index in [1.165, 1.54) is 5.56 Å². The molecule has 2 N–H and O–H groups in total. The van der Waals surface area contributed by atoms with E-state index in [-0.39, 0.29) is 0 Å². The molecule has 3 aromatic heterocycles. The number of hydrogen-bond donors (Lipinski definition) is 1. The van der Waals surface area contributed by atoms with E-state index < -0.39 is 0 Å². The minimum Gasteiger partial charge on any atom is -0.383 e. The smallest absolute Gasteiger partial charge is 0.139 e. The van der Waals surface area contributed by atoms with Gasteiger partial charge in [0.2, 0.25) is 0 Å². The largest absolute Gasteiger partial charge is 0.383 e. The number of nitrogens with zero attached hydrogens (tertiary/aromatic N) is 2. The topological polar surface area (TPSA) is 43.3 Å². The zero-order valence-corrected chi connectivity index (χ0v) is 12.5. The number of pyridine rings is 1. The number of nitrogen functional groups attached to an aromatic ring is 1. The minimum absolute atomic E-state index is 0.696. The van der Waals surface area contributed by atoms with Crippen molar-refractivity contribution in [1.82, 2.24) is 9.38 Å². The van der Waals surface area contributed by atoms with Crippen molar-refractivity contribution < 1.29 is 0 Å². The Bertz CT molecular complexity index is 742. The molecule has 0 saturated heterocycles. The van der Waals surface area contributed by atoms with Crippen molar-refractivity contribution in [2.45, 2.75) is 13.8 Å². The zero-order valence-electron chi connectivity index (χ0n) is 10.1. The number of aromatic nitrogens is 2. The quantitative estimate of drug-likeness (QED) is 0.735. The summed E-state index contributed by atoms with van der Waals surface area (Å²) in [5.74, 6) is 0.696. The van der Waals surface area contributed by atoms with Gasteiger partial charge in [-0.25, -0.2) is 4.98 Å². The zero-order chi connectivity index (χ0) is 12.9. The van der Waals surface area contributed by atoms with Gasteiger partial charge in [0.25, 0.3) is 0 Å². The van der Waals surface area contributed by atoms with Gasteiger partial charge in [-0.15, -0.1) is 0 Å². The highest BCUT2D eigenvalue weighted by molar-refractivity contribution is 9.10. The van der Waals surface area contributed by atoms with E-state index >= 15 is 0 Å². The summed E-state index contributed by atoms with van der Waals surface area (Å²) in [6.07, 6.45) is 0. The third kappa shape index (κ3) is 1.66. The van der Waals surface area contributed by atoms with Gasteiger partial charge in [0, 0.05) is 26.5 Å². The number of thiophene rings is 1. The van der Waals surface area contributed by atoms with E-state index in [4.69, 9.17) is 5.73 Å². The van der Waals surface area contributed by atoms with Crippen LogP contribution in [0.2, 0.25) is 0 Å². The van der Waals surface area contributed by atoms with E-state index in [9.17, 15) is 0 Å². The number of imidazole rings is 1. The number of fused-ring (bicyclic) bond motifs is 1. The highest BCUT2D eigenvalue weighted by Crippen LogP contribution is 2.35. The molecule has 0 aromatic carbocycles. The van der Waals surface area contributed by atoms with Crippen molar-refractivity contribution in [3.8, 4) is 11.3 Å². The number of hydrogen-bond acceptors (Lipinski definition) is 3. The van der Waals surface area contributed by atoms with Crippen LogP contribution < -0.4 is 5.73 Å². The molecule has 0 aliphatic heterocycles. The van der Waals surface area contributed by atoms with Gasteiger partial charge in [-0.1, -0.05) is 0 Å². The van der Waals surface area contributed by atoms with E-state index in [0.717, 1.165) is 27.1 Å². The second kappa shape index (κ2) is 4.10. The third-order valence-corrected chi connectivity index (χ3v) is 4.66. The lowest BCUT2D eigenvalue weighted by Crippen LogP contribution is -1.98. The molecular weight excluding hydrogens is 310 g/mol. The number of halogens is 1. The molecule has 3 rings (SSSR count). The Balaban J connectivity index is 2.36. The molecule has 3 heterocycles. The Morgan fingerprint density at radius 1 is 1.28 bits per heavy atom. The molecule has 0 atom stereocenters. The van der Waals surface area contributed by atoms with Gasteiger partial charge in [-0.3, -0.25) is 4.40 Å². The second-order valence-corrected chi connectivity index (χ2v) is 5.94. The Labute approximate surface area is 117 Å². The maximum Gasteiger partial charge on any atom is 0.139 e. The van der Waals surface area contributed by atoms with Crippen molar-refractivity contribution >= 4 is 38.7 Å². The average Bonchev–Trinajstić information content (AvgIpc) is 2.82. The molecule has 0 radical (unpaired) electrons. The molecule has 0 fully saturated rings. The van der Waals surface area contributed by atoms with Gasteiger partial charge in [0.15, 0.2) is 0 Å². The van der Waals surface area contributed by atoms with Crippen molar-refractivity contribution in [3.63, 3.8) is 0 Å². The van der Waals surface area contributed by atoms with Gasteiger partial charge in [-0.2, -0.15) is 11.3 Å². The maximum atomic E-state index is 6.23. The average molecular weight is 322 g/mol. The molecule has 18 heavy (non-hydrogen) atoms. The number of nitrogens with two attached hydrogens (primary N) is 1. The number of rotatable bonds is 1. The monoisotopic (exact) mass is 321 g/mol. The first-order valence-corrected chi connectivity index (χ1v) is 7.28. The molecule has 0 unspecified atom stereocenters. The Morgan fingerprint density at radius 3 is 2.72 bits per heavy atom. The fourth-order valence-electron chi connectivity index (χ4n) is 2.21. The predicted octanol–water partition coefficient (Wildman–Crippen LogP) is 4.02. The van der Waals surface area contributed by atoms with Crippen LogP contribution in [0.4, 0.5) is 5.82 Å². The van der Waals surface area contributed by atoms with E-state index in [1.54, 1.807) is 11.3 Å². The minimum atomic E-state index is 0.696. The van der Waals surface area contributed by atoms with Crippen LogP contribution in [0, 0.1) is 13.8 Å². The van der Waals surface area contributed by atoms with Crippen molar-refractivity contribution in [2.24, 2.45) is 0 Å². The van der Waals surface area contributed by atoms with Crippen molar-refractivity contribution in [3.05, 3.63) is 38.6 Å². The van der Waals surface area contributed by atoms with Gasteiger partial charge in [-0.05, 0) is 47.5 Å². The standard InChI is InChI=1S/C13H12BrN3S/c1-7-3-8(2)17-11(4-7)16-12(13(17)15)9-5-18-6-10(9)14/h3-6H,15H2,1-2H3. The first-order valence-electron chi connectivity index (χ1n) is 5.55. The summed E-state index contributed by atoms with van der Waals surface area (Å²) in [6, 6.07) is 4.16. The lowest BCUT2D eigenvalue weighted by Gasteiger charge is -2.03. The summed E-state index contributed by atoms with van der Waals surface area (Å²) in [5, 5.41) is 4.10. The predicted molar refractivity (Wildman–Crippen MR) is 80.1 cm³/mol. The van der Waals surface area contributed by atoms with Crippen LogP contribution in [0.3, 0.4) is 0 Å². The highest BCUT2D eigenvalue weighted by atomic mass is 79.9. The fourth-order valence-corrected chi connectivity index (χ4v) is 3.67. The van der Waals surface area contributed by atoms with E-state index in [1.807, 2.05) is 22.8 Å². The molecule has 0 aliphatic carbocycles. The molecule has 92 valence electrons. The van der Waals surface area contributed by atoms with Gasteiger partial charge in [0.05, 0.1) is 0 Å². The maximum absolute atomic E-state index is 6.23. The summed E-state index contributed by atoms with van der Waals surface area (Å²) in [6.45, 7) is 4.11. The van der Waals surface area contributed by atoms with Crippen LogP contribution in [-0.2, 0) is 0 Å². The van der Waals surface area contributed by atoms with E-state index in [0.29, 0.717) is 5.82 Å². The molecule has 3 aromatic rings. The van der Waals surface area contributed by atoms with Crippen molar-refractivity contribution in [2.75, 3.05) is 5.73 Å². The molecule has 0 aliphatic rings. The normalized spacial score (nSPS) is 11.3. The number of aryl methyl sites for hydroxylation is 2. The summed E-state index contributed by atoms with van der Waals surface area (Å²) < 4.78 is 3.03. The van der Waals surface area contributed by atoms with Crippen LogP contribution in [0.15, 0.2) is 27.4 Å². The SMILES string of the molecule is Cc1cc(C)n2c(N)c(-c3cscc3Br)nc2c1. The molecule has 3 nitrogen and oxygen atoms in total. The Morgan fingerprint density at radius 2 is 2.06 bits per heavy atom. The second-order valence-electron chi connectivity index (χ2n) is 4.35. The molecule has 0 spiro atoms. The van der Waals surface area contributed by atoms with Crippen LogP contribution in [0.25, 0.3) is 16.9 Å². The summed E-state index contributed by atoms with van der Waals surface area (Å²) >= 11 is 5.17. The third-order valence-electron chi connectivity index (χ3n) is 2.95. The van der Waals surface area contributed by atoms with E-state index in [2.05, 4.69) is 39.3 Å². The first-order chi connectivity index (χ1) is 8.58. The van der Waals surface area contributed by atoms with Crippen molar-refractivity contribution in [1.29, 1.82) is 0 Å². The fraction of sp³-hybridized carbons (Fsp3) is 0.154. The van der Waals surface area contributed by atoms with Crippen LogP contribution >= 0.6 is 27.3 Å². The number of anilines is 1. The lowest BCUT2D eigenvalue weighted by atomic mass is 10.2. The molecule has 0 amide bonds. The summed E-state index contributed by atoms with van der Waals surface area (Å²) in [7, 11) is 0. The van der Waals surface area contributed by atoms with Gasteiger partial charge < -0.3 is 5.73 Å². The molecule has 5 heteroatoms. The van der Waals surface area contributed by atoms with Crippen LogP contribution in [-0.4, -0.2) is 9.38 Å². The van der Waals surface area contributed by atoms with Gasteiger partial charge in [0.1, 0.15) is 17.2 Å². The summed E-state index contributed by atoms with van der Waals surface area (Å²) in [5.41, 5.74) is 11.3.